The number of hydrogen-bond acceptors (Lipinski definition) is 0. The van der Waals surface area contributed by atoms with Crippen LogP contribution in [-0.4, -0.2) is 40.0 Å². The summed E-state index contributed by atoms with van der Waals surface area (Å²) >= 11 is 0. The van der Waals surface area contributed by atoms with Crippen LogP contribution in [0.25, 0.3) is 0 Å². The monoisotopic (exact) mass is 330 g/mol. The van der Waals surface area contributed by atoms with E-state index in [9.17, 15) is 0 Å². The Labute approximate surface area is 141 Å². The maximum absolute atomic E-state index is 2.23. The van der Waals surface area contributed by atoms with Crippen LogP contribution in [0.4, 0.5) is 0 Å². The van der Waals surface area contributed by atoms with Crippen molar-refractivity contribution in [3.8, 4) is 0 Å². The van der Waals surface area contributed by atoms with E-state index < -0.39 is 0 Å². The van der Waals surface area contributed by atoms with E-state index >= 15 is 0 Å². The van der Waals surface area contributed by atoms with Crippen LogP contribution in [0.15, 0.2) is 0 Å². The van der Waals surface area contributed by atoms with Gasteiger partial charge in [0, 0.05) is 21.7 Å². The Morgan fingerprint density at radius 3 is 0.474 bits per heavy atom. The van der Waals surface area contributed by atoms with Crippen molar-refractivity contribution in [2.45, 2.75) is 0 Å². The van der Waals surface area contributed by atoms with E-state index in [1.54, 1.807) is 0 Å². The van der Waals surface area contributed by atoms with E-state index in [0.717, 1.165) is 0 Å². The fraction of sp³-hybridized carbons (Fsp3) is 0.375. The van der Waals surface area contributed by atoms with Crippen LogP contribution < -0.4 is 0 Å². The van der Waals surface area contributed by atoms with Crippen LogP contribution in [0.2, 0.25) is 0 Å². The summed E-state index contributed by atoms with van der Waals surface area (Å²) in [4.78, 5) is 0. The zero-order valence-corrected chi connectivity index (χ0v) is 16.5. The molecule has 0 bridgehead atoms. The fourth-order valence-corrected chi connectivity index (χ4v) is 0.642. The van der Waals surface area contributed by atoms with Crippen LogP contribution >= 0.6 is 15.8 Å². The maximum atomic E-state index is 2.23. The molecule has 0 nitrogen and oxygen atoms in total. The van der Waals surface area contributed by atoms with Crippen molar-refractivity contribution in [3.63, 3.8) is 0 Å². The summed E-state index contributed by atoms with van der Waals surface area (Å²) in [5.74, 6) is 0. The van der Waals surface area contributed by atoms with Crippen molar-refractivity contribution in [2.24, 2.45) is 0 Å². The Balaban J connectivity index is -0.000000178. The van der Waals surface area contributed by atoms with Gasteiger partial charge in [-0.05, 0) is 104 Å². The Kier molecular flexibility index (Phi) is 29.4. The predicted octanol–water partition coefficient (Wildman–Crippen LogP) is 4.76. The molecular weight excluding hydrogens is 302 g/mol. The van der Waals surface area contributed by atoms with Crippen molar-refractivity contribution in [2.75, 3.05) is 40.0 Å². The first kappa shape index (κ1) is 25.5. The molecule has 2 saturated carbocycles. The summed E-state index contributed by atoms with van der Waals surface area (Å²) in [6.45, 7) is 13.4. The molecular formula is C16H28P2Ti. The molecule has 0 atom stereocenters. The molecule has 2 aliphatic carbocycles. The van der Waals surface area contributed by atoms with Gasteiger partial charge in [0.05, 0.1) is 0 Å². The molecule has 0 heterocycles. The van der Waals surface area contributed by atoms with Gasteiger partial charge in [-0.1, -0.05) is 0 Å². The van der Waals surface area contributed by atoms with E-state index in [2.05, 4.69) is 40.0 Å². The molecule has 0 aromatic heterocycles. The third kappa shape index (κ3) is 45.1. The Morgan fingerprint density at radius 1 is 0.368 bits per heavy atom. The molecule has 0 saturated heterocycles. The maximum Gasteiger partial charge on any atom is 0 e. The molecule has 0 spiro atoms. The molecule has 2 fully saturated rings. The Bertz CT molecular complexity index is 94.0. The standard InChI is InChI=1S/2C5H5.2C3H9P.Ti/c2*1-2-4-5-3-1;2*1-4(2)3;/h2*1-5H;2*1-3H3;. The summed E-state index contributed by atoms with van der Waals surface area (Å²) in [5.41, 5.74) is 0. The second kappa shape index (κ2) is 21.9. The molecule has 0 aliphatic heterocycles. The quantitative estimate of drug-likeness (QED) is 0.444. The molecule has 106 valence electrons. The summed E-state index contributed by atoms with van der Waals surface area (Å²) < 4.78 is 0. The summed E-state index contributed by atoms with van der Waals surface area (Å²) in [7, 11) is 0.759. The molecule has 19 heavy (non-hydrogen) atoms. The fourth-order valence-electron chi connectivity index (χ4n) is 0.642. The van der Waals surface area contributed by atoms with Gasteiger partial charge in [0.1, 0.15) is 0 Å². The summed E-state index contributed by atoms with van der Waals surface area (Å²) in [6.07, 6.45) is 20.0. The van der Waals surface area contributed by atoms with Gasteiger partial charge in [0.25, 0.3) is 0 Å². The number of rotatable bonds is 0. The van der Waals surface area contributed by atoms with Crippen molar-refractivity contribution in [1.29, 1.82) is 0 Å². The average Bonchev–Trinajstić information content (AvgIpc) is 2.96. The Hall–Kier alpha value is 1.57. The normalized spacial score (nSPS) is 16.4. The molecule has 2 aliphatic rings. The van der Waals surface area contributed by atoms with Crippen LogP contribution in [0.5, 0.6) is 0 Å². The van der Waals surface area contributed by atoms with E-state index in [1.165, 1.54) is 0 Å². The minimum Gasteiger partial charge on any atom is -0.116 e. The van der Waals surface area contributed by atoms with Gasteiger partial charge >= 0.3 is 0 Å². The zero-order chi connectivity index (χ0) is 14.2. The first-order chi connectivity index (χ1) is 8.46. The SMILES string of the molecule is CP(C)C.CP(C)C.[CH]1[CH][CH][CH][CH]1.[CH]1[CH][CH][CH][CH]1.[Ti]. The van der Waals surface area contributed by atoms with Gasteiger partial charge in [0.2, 0.25) is 0 Å². The van der Waals surface area contributed by atoms with Crippen molar-refractivity contribution < 1.29 is 21.7 Å². The first-order valence-corrected chi connectivity index (χ1v) is 11.4. The molecule has 2 rings (SSSR count). The van der Waals surface area contributed by atoms with Crippen LogP contribution in [0.3, 0.4) is 0 Å². The topological polar surface area (TPSA) is 0 Å². The average molecular weight is 330 g/mol. The summed E-state index contributed by atoms with van der Waals surface area (Å²) in [6, 6.07) is 0. The summed E-state index contributed by atoms with van der Waals surface area (Å²) in [5, 5.41) is 0. The second-order valence-electron chi connectivity index (χ2n) is 4.61. The van der Waals surface area contributed by atoms with Crippen molar-refractivity contribution in [1.82, 2.24) is 0 Å². The smallest absolute Gasteiger partial charge is 0 e. The van der Waals surface area contributed by atoms with E-state index in [1.807, 2.05) is 64.2 Å². The predicted molar refractivity (Wildman–Crippen MR) is 92.4 cm³/mol. The molecule has 0 N–H and O–H groups in total. The zero-order valence-electron chi connectivity index (χ0n) is 13.2. The van der Waals surface area contributed by atoms with E-state index in [0.29, 0.717) is 15.8 Å². The van der Waals surface area contributed by atoms with Crippen molar-refractivity contribution >= 4 is 15.8 Å². The van der Waals surface area contributed by atoms with Gasteiger partial charge in [-0.25, -0.2) is 0 Å². The van der Waals surface area contributed by atoms with Gasteiger partial charge < -0.3 is 0 Å². The van der Waals surface area contributed by atoms with Gasteiger partial charge in [-0.2, -0.15) is 0 Å². The Morgan fingerprint density at radius 2 is 0.421 bits per heavy atom. The van der Waals surface area contributed by atoms with Crippen LogP contribution in [0, 0.1) is 64.2 Å². The molecule has 10 radical (unpaired) electrons. The molecule has 0 aromatic carbocycles. The molecule has 0 amide bonds. The van der Waals surface area contributed by atoms with Gasteiger partial charge in [-0.3, -0.25) is 0 Å². The third-order valence-corrected chi connectivity index (χ3v) is 1.11. The van der Waals surface area contributed by atoms with Crippen LogP contribution in [0.1, 0.15) is 0 Å². The van der Waals surface area contributed by atoms with Gasteiger partial charge in [-0.15, -0.1) is 15.8 Å². The number of hydrogen-bond donors (Lipinski definition) is 0. The van der Waals surface area contributed by atoms with Gasteiger partial charge in [0.15, 0.2) is 0 Å². The van der Waals surface area contributed by atoms with Crippen molar-refractivity contribution in [3.05, 3.63) is 64.2 Å². The largest absolute Gasteiger partial charge is 0.116 e. The minimum absolute atomic E-state index is 0. The first-order valence-electron chi connectivity index (χ1n) is 6.02. The molecule has 0 unspecified atom stereocenters. The minimum atomic E-state index is 0. The molecule has 3 heteroatoms. The van der Waals surface area contributed by atoms with E-state index in [-0.39, 0.29) is 21.7 Å². The van der Waals surface area contributed by atoms with E-state index in [4.69, 9.17) is 0 Å². The van der Waals surface area contributed by atoms with Crippen LogP contribution in [-0.2, 0) is 21.7 Å². The third-order valence-electron chi connectivity index (χ3n) is 1.11. The second-order valence-corrected chi connectivity index (χ2v) is 9.97. The molecule has 0 aromatic rings.